The lowest BCUT2D eigenvalue weighted by Gasteiger charge is -2.02. The van der Waals surface area contributed by atoms with Crippen molar-refractivity contribution in [3.63, 3.8) is 0 Å². The molecule has 0 fully saturated rings. The van der Waals surface area contributed by atoms with E-state index in [4.69, 9.17) is 11.6 Å². The van der Waals surface area contributed by atoms with E-state index < -0.39 is 4.92 Å². The van der Waals surface area contributed by atoms with Gasteiger partial charge in [-0.3, -0.25) is 14.9 Å². The molecule has 0 saturated carbocycles. The number of hydrogen-bond donors (Lipinski definition) is 0. The summed E-state index contributed by atoms with van der Waals surface area (Å²) in [5, 5.41) is 10.8. The SMILES string of the molecule is CC(=O)SCCC=Cc1cnc(Cl)c([N+](=O)[O-])c1C. The zero-order chi connectivity index (χ0) is 14.4. The Morgan fingerprint density at radius 1 is 1.63 bits per heavy atom. The molecule has 5 nitrogen and oxygen atoms in total. The zero-order valence-corrected chi connectivity index (χ0v) is 12.1. The van der Waals surface area contributed by atoms with Gasteiger partial charge in [-0.05, 0) is 13.3 Å². The van der Waals surface area contributed by atoms with E-state index in [1.54, 1.807) is 13.0 Å². The van der Waals surface area contributed by atoms with E-state index in [0.717, 1.165) is 0 Å². The molecule has 0 radical (unpaired) electrons. The van der Waals surface area contributed by atoms with Crippen molar-refractivity contribution >= 4 is 40.2 Å². The first-order chi connectivity index (χ1) is 8.93. The van der Waals surface area contributed by atoms with E-state index in [1.165, 1.54) is 24.9 Å². The molecule has 0 atom stereocenters. The van der Waals surface area contributed by atoms with Crippen LogP contribution in [0.2, 0.25) is 5.15 Å². The highest BCUT2D eigenvalue weighted by atomic mass is 35.5. The summed E-state index contributed by atoms with van der Waals surface area (Å²) in [6, 6.07) is 0. The van der Waals surface area contributed by atoms with Crippen molar-refractivity contribution in [2.75, 3.05) is 5.75 Å². The summed E-state index contributed by atoms with van der Waals surface area (Å²) in [5.74, 6) is 0.688. The maximum Gasteiger partial charge on any atom is 0.309 e. The van der Waals surface area contributed by atoms with Crippen LogP contribution in [0.4, 0.5) is 5.69 Å². The van der Waals surface area contributed by atoms with Gasteiger partial charge in [-0.2, -0.15) is 0 Å². The van der Waals surface area contributed by atoms with Crippen molar-refractivity contribution in [1.29, 1.82) is 0 Å². The number of nitrogens with zero attached hydrogens (tertiary/aromatic N) is 2. The first kappa shape index (κ1) is 15.7. The van der Waals surface area contributed by atoms with Crippen molar-refractivity contribution in [3.05, 3.63) is 38.7 Å². The van der Waals surface area contributed by atoms with E-state index >= 15 is 0 Å². The number of halogens is 1. The number of allylic oxidation sites excluding steroid dienone is 1. The molecule has 0 unspecified atom stereocenters. The Bertz CT molecular complexity index is 532. The van der Waals surface area contributed by atoms with Gasteiger partial charge in [0.05, 0.1) is 4.92 Å². The third-order valence-electron chi connectivity index (χ3n) is 2.37. The fraction of sp³-hybridized carbons (Fsp3) is 0.333. The van der Waals surface area contributed by atoms with Crippen LogP contribution in [0.1, 0.15) is 24.5 Å². The van der Waals surface area contributed by atoms with Crippen molar-refractivity contribution < 1.29 is 9.72 Å². The van der Waals surface area contributed by atoms with Crippen LogP contribution in [-0.4, -0.2) is 20.8 Å². The van der Waals surface area contributed by atoms with E-state index in [2.05, 4.69) is 4.98 Å². The number of carbonyl (C=O) groups is 1. The van der Waals surface area contributed by atoms with Gasteiger partial charge < -0.3 is 0 Å². The summed E-state index contributed by atoms with van der Waals surface area (Å²) < 4.78 is 0. The summed E-state index contributed by atoms with van der Waals surface area (Å²) in [5.41, 5.74) is 0.978. The largest absolute Gasteiger partial charge is 0.309 e. The number of rotatable bonds is 5. The Hall–Kier alpha value is -1.40. The number of pyridine rings is 1. The Morgan fingerprint density at radius 3 is 2.89 bits per heavy atom. The Labute approximate surface area is 120 Å². The molecule has 19 heavy (non-hydrogen) atoms. The van der Waals surface area contributed by atoms with Crippen LogP contribution in [0.3, 0.4) is 0 Å². The molecule has 1 heterocycles. The first-order valence-electron chi connectivity index (χ1n) is 5.53. The molecule has 0 bridgehead atoms. The third-order valence-corrected chi connectivity index (χ3v) is 3.49. The summed E-state index contributed by atoms with van der Waals surface area (Å²) >= 11 is 6.94. The predicted octanol–water partition coefficient (Wildman–Crippen LogP) is 3.63. The van der Waals surface area contributed by atoms with Crippen LogP contribution in [0.15, 0.2) is 12.3 Å². The lowest BCUT2D eigenvalue weighted by molar-refractivity contribution is -0.385. The van der Waals surface area contributed by atoms with E-state index in [0.29, 0.717) is 23.3 Å². The molecule has 0 aliphatic heterocycles. The number of thioether (sulfide) groups is 1. The molecule has 7 heteroatoms. The van der Waals surface area contributed by atoms with Crippen molar-refractivity contribution in [3.8, 4) is 0 Å². The van der Waals surface area contributed by atoms with Gasteiger partial charge in [0.15, 0.2) is 5.12 Å². The lowest BCUT2D eigenvalue weighted by Crippen LogP contribution is -1.97. The highest BCUT2D eigenvalue weighted by molar-refractivity contribution is 8.13. The molecular formula is C12H13ClN2O3S. The van der Waals surface area contributed by atoms with Crippen molar-refractivity contribution in [2.45, 2.75) is 20.3 Å². The van der Waals surface area contributed by atoms with Crippen LogP contribution in [0.5, 0.6) is 0 Å². The van der Waals surface area contributed by atoms with Gasteiger partial charge in [0.25, 0.3) is 0 Å². The Morgan fingerprint density at radius 2 is 2.32 bits per heavy atom. The molecule has 0 N–H and O–H groups in total. The van der Waals surface area contributed by atoms with Crippen LogP contribution in [0, 0.1) is 17.0 Å². The van der Waals surface area contributed by atoms with E-state index in [1.807, 2.05) is 6.08 Å². The minimum atomic E-state index is -0.534. The predicted molar refractivity (Wildman–Crippen MR) is 77.4 cm³/mol. The Kier molecular flexibility index (Phi) is 5.98. The molecule has 1 aromatic heterocycles. The van der Waals surface area contributed by atoms with Gasteiger partial charge in [-0.25, -0.2) is 4.98 Å². The maximum atomic E-state index is 10.9. The van der Waals surface area contributed by atoms with Gasteiger partial charge in [-0.1, -0.05) is 35.5 Å². The number of nitro groups is 1. The van der Waals surface area contributed by atoms with Crippen LogP contribution in [-0.2, 0) is 4.79 Å². The third kappa shape index (κ3) is 4.65. The zero-order valence-electron chi connectivity index (χ0n) is 10.6. The van der Waals surface area contributed by atoms with Crippen LogP contribution >= 0.6 is 23.4 Å². The molecule has 0 saturated heterocycles. The number of carbonyl (C=O) groups excluding carboxylic acids is 1. The second-order valence-electron chi connectivity index (χ2n) is 3.77. The van der Waals surface area contributed by atoms with Crippen LogP contribution < -0.4 is 0 Å². The smallest absolute Gasteiger partial charge is 0.288 e. The van der Waals surface area contributed by atoms with Crippen LogP contribution in [0.25, 0.3) is 6.08 Å². The minimum absolute atomic E-state index is 0.0772. The lowest BCUT2D eigenvalue weighted by atomic mass is 10.1. The topological polar surface area (TPSA) is 73.1 Å². The molecule has 0 amide bonds. The van der Waals surface area contributed by atoms with Gasteiger partial charge in [0.1, 0.15) is 0 Å². The highest BCUT2D eigenvalue weighted by Crippen LogP contribution is 2.28. The van der Waals surface area contributed by atoms with Crippen molar-refractivity contribution in [1.82, 2.24) is 4.98 Å². The van der Waals surface area contributed by atoms with Gasteiger partial charge in [-0.15, -0.1) is 0 Å². The molecule has 102 valence electrons. The Balaban J connectivity index is 2.79. The van der Waals surface area contributed by atoms with Gasteiger partial charge >= 0.3 is 5.69 Å². The summed E-state index contributed by atoms with van der Waals surface area (Å²) in [7, 11) is 0. The second-order valence-corrected chi connectivity index (χ2v) is 5.40. The molecule has 1 rings (SSSR count). The van der Waals surface area contributed by atoms with Gasteiger partial charge in [0.2, 0.25) is 5.15 Å². The monoisotopic (exact) mass is 300 g/mol. The van der Waals surface area contributed by atoms with Crippen molar-refractivity contribution in [2.24, 2.45) is 0 Å². The first-order valence-corrected chi connectivity index (χ1v) is 6.89. The fourth-order valence-corrected chi connectivity index (χ4v) is 2.24. The standard InChI is InChI=1S/C12H13ClN2O3S/c1-8-10(5-3-4-6-19-9(2)16)7-14-12(13)11(8)15(17)18/h3,5,7H,4,6H2,1-2H3. The normalized spacial score (nSPS) is 10.9. The highest BCUT2D eigenvalue weighted by Gasteiger charge is 2.19. The maximum absolute atomic E-state index is 10.9. The fourth-order valence-electron chi connectivity index (χ4n) is 1.44. The summed E-state index contributed by atoms with van der Waals surface area (Å²) in [4.78, 5) is 24.9. The van der Waals surface area contributed by atoms with E-state index in [-0.39, 0.29) is 16.0 Å². The second kappa shape index (κ2) is 7.25. The summed E-state index contributed by atoms with van der Waals surface area (Å²) in [6.07, 6.45) is 5.82. The summed E-state index contributed by atoms with van der Waals surface area (Å²) in [6.45, 7) is 3.15. The number of hydrogen-bond acceptors (Lipinski definition) is 5. The average molecular weight is 301 g/mol. The minimum Gasteiger partial charge on any atom is -0.288 e. The average Bonchev–Trinajstić information content (AvgIpc) is 2.30. The van der Waals surface area contributed by atoms with E-state index in [9.17, 15) is 14.9 Å². The van der Waals surface area contributed by atoms with Gasteiger partial charge in [0, 0.05) is 30.0 Å². The molecule has 0 aromatic carbocycles. The molecule has 1 aromatic rings. The molecule has 0 aliphatic rings. The molecular weight excluding hydrogens is 288 g/mol. The molecule has 0 spiro atoms. The number of aromatic nitrogens is 1. The molecule has 0 aliphatic carbocycles. The quantitative estimate of drug-likeness (QED) is 0.359.